The van der Waals surface area contributed by atoms with Crippen LogP contribution in [0.4, 0.5) is 8.78 Å². The normalized spacial score (nSPS) is 19.6. The van der Waals surface area contributed by atoms with Gasteiger partial charge in [0, 0.05) is 23.0 Å². The van der Waals surface area contributed by atoms with E-state index in [1.54, 1.807) is 6.07 Å². The number of rotatable bonds is 2. The van der Waals surface area contributed by atoms with Crippen LogP contribution in [0.1, 0.15) is 43.7 Å². The molecule has 1 fully saturated rings. The Labute approximate surface area is 105 Å². The Morgan fingerprint density at radius 2 is 1.88 bits per heavy atom. The smallest absolute Gasteiger partial charge is 0.270 e. The maximum atomic E-state index is 13.1. The molecule has 94 valence electrons. The minimum Gasteiger partial charge on any atom is -0.321 e. The van der Waals surface area contributed by atoms with Gasteiger partial charge in [0.05, 0.1) is 0 Å². The Hall–Kier alpha value is -0.670. The third-order valence-corrected chi connectivity index (χ3v) is 3.82. The highest BCUT2D eigenvalue weighted by Gasteiger charge is 2.34. The molecule has 1 aliphatic rings. The van der Waals surface area contributed by atoms with Crippen molar-refractivity contribution in [3.63, 3.8) is 0 Å². The second-order valence-electron chi connectivity index (χ2n) is 4.95. The van der Waals surface area contributed by atoms with Gasteiger partial charge in [0.15, 0.2) is 0 Å². The van der Waals surface area contributed by atoms with Gasteiger partial charge in [-0.15, -0.1) is 0 Å². The molecule has 1 saturated carbocycles. The molecule has 1 aromatic carbocycles. The SMILES string of the molecule is CC(F)(F)c1ccc(C2(N)CCCC2)c(Cl)c1. The van der Waals surface area contributed by atoms with Crippen molar-refractivity contribution in [2.45, 2.75) is 44.1 Å². The second-order valence-corrected chi connectivity index (χ2v) is 5.35. The molecule has 1 nitrogen and oxygen atoms in total. The van der Waals surface area contributed by atoms with Crippen LogP contribution >= 0.6 is 11.6 Å². The van der Waals surface area contributed by atoms with Crippen LogP contribution in [0.2, 0.25) is 5.02 Å². The fourth-order valence-electron chi connectivity index (χ4n) is 2.47. The van der Waals surface area contributed by atoms with Crippen LogP contribution in [0.15, 0.2) is 18.2 Å². The van der Waals surface area contributed by atoms with Crippen molar-refractivity contribution in [2.75, 3.05) is 0 Å². The zero-order valence-corrected chi connectivity index (χ0v) is 10.5. The van der Waals surface area contributed by atoms with Gasteiger partial charge in [0.25, 0.3) is 5.92 Å². The maximum absolute atomic E-state index is 13.1. The van der Waals surface area contributed by atoms with E-state index >= 15 is 0 Å². The van der Waals surface area contributed by atoms with Crippen LogP contribution in [-0.4, -0.2) is 0 Å². The molecule has 1 aliphatic carbocycles. The van der Waals surface area contributed by atoms with Crippen LogP contribution in [0.5, 0.6) is 0 Å². The van der Waals surface area contributed by atoms with E-state index < -0.39 is 11.5 Å². The molecule has 0 aliphatic heterocycles. The van der Waals surface area contributed by atoms with Gasteiger partial charge in [0.1, 0.15) is 0 Å². The van der Waals surface area contributed by atoms with E-state index in [4.69, 9.17) is 17.3 Å². The second kappa shape index (κ2) is 4.21. The lowest BCUT2D eigenvalue weighted by Crippen LogP contribution is -2.33. The first-order chi connectivity index (χ1) is 7.83. The lowest BCUT2D eigenvalue weighted by atomic mass is 9.88. The molecule has 17 heavy (non-hydrogen) atoms. The van der Waals surface area contributed by atoms with Crippen LogP contribution in [0, 0.1) is 0 Å². The van der Waals surface area contributed by atoms with Gasteiger partial charge in [-0.3, -0.25) is 0 Å². The van der Waals surface area contributed by atoms with Gasteiger partial charge >= 0.3 is 0 Å². The molecule has 2 N–H and O–H groups in total. The number of hydrogen-bond acceptors (Lipinski definition) is 1. The van der Waals surface area contributed by atoms with E-state index in [1.807, 2.05) is 0 Å². The Bertz CT molecular complexity index is 420. The zero-order chi connectivity index (χ0) is 12.7. The molecule has 0 atom stereocenters. The molecular formula is C13H16ClF2N. The summed E-state index contributed by atoms with van der Waals surface area (Å²) in [6.45, 7) is 0.867. The molecule has 1 aromatic rings. The molecule has 0 aromatic heterocycles. The average Bonchev–Trinajstić information content (AvgIpc) is 2.64. The monoisotopic (exact) mass is 259 g/mol. The van der Waals surface area contributed by atoms with Crippen molar-refractivity contribution in [1.82, 2.24) is 0 Å². The summed E-state index contributed by atoms with van der Waals surface area (Å²) >= 11 is 6.09. The quantitative estimate of drug-likeness (QED) is 0.847. The van der Waals surface area contributed by atoms with Crippen molar-refractivity contribution in [1.29, 1.82) is 0 Å². The average molecular weight is 260 g/mol. The van der Waals surface area contributed by atoms with Gasteiger partial charge in [0.2, 0.25) is 0 Å². The first-order valence-corrected chi connectivity index (χ1v) is 6.18. The Morgan fingerprint density at radius 1 is 1.29 bits per heavy atom. The highest BCUT2D eigenvalue weighted by Crippen LogP contribution is 2.41. The summed E-state index contributed by atoms with van der Waals surface area (Å²) in [7, 11) is 0. The highest BCUT2D eigenvalue weighted by atomic mass is 35.5. The molecule has 0 amide bonds. The number of halogens is 3. The Kier molecular flexibility index (Phi) is 3.17. The maximum Gasteiger partial charge on any atom is 0.270 e. The van der Waals surface area contributed by atoms with Gasteiger partial charge < -0.3 is 5.73 Å². The molecule has 0 radical (unpaired) electrons. The highest BCUT2D eigenvalue weighted by molar-refractivity contribution is 6.31. The number of alkyl halides is 2. The van der Waals surface area contributed by atoms with Gasteiger partial charge in [-0.05, 0) is 24.5 Å². The van der Waals surface area contributed by atoms with E-state index in [9.17, 15) is 8.78 Å². The summed E-state index contributed by atoms with van der Waals surface area (Å²) in [5, 5.41) is 0.355. The summed E-state index contributed by atoms with van der Waals surface area (Å²) in [6.07, 6.45) is 3.88. The fraction of sp³-hybridized carbons (Fsp3) is 0.538. The first kappa shape index (κ1) is 12.8. The lowest BCUT2D eigenvalue weighted by Gasteiger charge is -2.26. The van der Waals surface area contributed by atoms with E-state index in [2.05, 4.69) is 0 Å². The number of benzene rings is 1. The minimum atomic E-state index is -2.86. The van der Waals surface area contributed by atoms with E-state index in [0.29, 0.717) is 5.02 Å². The summed E-state index contributed by atoms with van der Waals surface area (Å²) in [5.41, 5.74) is 6.57. The molecule has 0 bridgehead atoms. The third kappa shape index (κ3) is 2.45. The van der Waals surface area contributed by atoms with Crippen LogP contribution in [-0.2, 0) is 11.5 Å². The predicted molar refractivity (Wildman–Crippen MR) is 65.4 cm³/mol. The van der Waals surface area contributed by atoms with E-state index in [-0.39, 0.29) is 5.56 Å². The summed E-state index contributed by atoms with van der Waals surface area (Å²) in [5.74, 6) is -2.86. The summed E-state index contributed by atoms with van der Waals surface area (Å²) in [4.78, 5) is 0. The standard InChI is InChI=1S/C13H16ClF2N/c1-12(15,16)9-4-5-10(11(14)8-9)13(17)6-2-3-7-13/h4-5,8H,2-3,6-7,17H2,1H3. The van der Waals surface area contributed by atoms with Crippen molar-refractivity contribution in [2.24, 2.45) is 5.73 Å². The van der Waals surface area contributed by atoms with Crippen LogP contribution in [0.25, 0.3) is 0 Å². The van der Waals surface area contributed by atoms with Crippen molar-refractivity contribution in [3.8, 4) is 0 Å². The van der Waals surface area contributed by atoms with Gasteiger partial charge in [-0.2, -0.15) is 0 Å². The van der Waals surface area contributed by atoms with Gasteiger partial charge in [-0.1, -0.05) is 36.6 Å². The third-order valence-electron chi connectivity index (χ3n) is 3.51. The summed E-state index contributed by atoms with van der Waals surface area (Å²) < 4.78 is 26.3. The van der Waals surface area contributed by atoms with Crippen LogP contribution in [0.3, 0.4) is 0 Å². The van der Waals surface area contributed by atoms with Crippen molar-refractivity contribution < 1.29 is 8.78 Å². The van der Waals surface area contributed by atoms with E-state index in [0.717, 1.165) is 38.2 Å². The topological polar surface area (TPSA) is 26.0 Å². The molecule has 0 unspecified atom stereocenters. The first-order valence-electron chi connectivity index (χ1n) is 5.80. The largest absolute Gasteiger partial charge is 0.321 e. The van der Waals surface area contributed by atoms with Crippen molar-refractivity contribution >= 4 is 11.6 Å². The fourth-order valence-corrected chi connectivity index (χ4v) is 2.84. The molecule has 0 saturated heterocycles. The molecule has 4 heteroatoms. The molecule has 2 rings (SSSR count). The zero-order valence-electron chi connectivity index (χ0n) is 9.77. The number of nitrogens with two attached hydrogens (primary N) is 1. The van der Waals surface area contributed by atoms with Crippen molar-refractivity contribution in [3.05, 3.63) is 34.3 Å². The lowest BCUT2D eigenvalue weighted by molar-refractivity contribution is 0.0174. The summed E-state index contributed by atoms with van der Waals surface area (Å²) in [6, 6.07) is 4.42. The predicted octanol–water partition coefficient (Wildman–Crippen LogP) is 4.18. The molecular weight excluding hydrogens is 244 g/mol. The molecule has 0 spiro atoms. The minimum absolute atomic E-state index is 0.0622. The Morgan fingerprint density at radius 3 is 2.35 bits per heavy atom. The Balaban J connectivity index is 2.38. The number of hydrogen-bond donors (Lipinski definition) is 1. The van der Waals surface area contributed by atoms with E-state index in [1.165, 1.54) is 12.1 Å². The van der Waals surface area contributed by atoms with Crippen LogP contribution < -0.4 is 5.73 Å². The van der Waals surface area contributed by atoms with Gasteiger partial charge in [-0.25, -0.2) is 8.78 Å². The molecule has 0 heterocycles.